The van der Waals surface area contributed by atoms with Gasteiger partial charge in [-0.3, -0.25) is 14.6 Å². The molecule has 0 spiro atoms. The second kappa shape index (κ2) is 8.13. The number of carbonyl (C=O) groups excluding carboxylic acids is 1. The molecule has 1 N–H and O–H groups in total. The lowest BCUT2D eigenvalue weighted by Crippen LogP contribution is -2.38. The number of allylic oxidation sites excluding steroid dienone is 2. The lowest BCUT2D eigenvalue weighted by molar-refractivity contribution is -0.141. The molecule has 1 fully saturated rings. The molecule has 174 valence electrons. The fraction of sp³-hybridized carbons (Fsp3) is 0.458. The van der Waals surface area contributed by atoms with Crippen LogP contribution >= 0.6 is 0 Å². The quantitative estimate of drug-likeness (QED) is 0.633. The van der Waals surface area contributed by atoms with Crippen molar-refractivity contribution in [2.45, 2.75) is 44.8 Å². The van der Waals surface area contributed by atoms with Crippen molar-refractivity contribution in [3.63, 3.8) is 0 Å². The molecule has 2 aliphatic rings. The molecule has 4 heterocycles. The maximum Gasteiger partial charge on any atom is 0.435 e. The number of hydrogen-bond acceptors (Lipinski definition) is 4. The highest BCUT2D eigenvalue weighted by Gasteiger charge is 2.41. The third-order valence-electron chi connectivity index (χ3n) is 6.95. The Morgan fingerprint density at radius 3 is 2.70 bits per heavy atom. The van der Waals surface area contributed by atoms with Crippen LogP contribution in [0.3, 0.4) is 0 Å². The van der Waals surface area contributed by atoms with Crippen LogP contribution in [-0.4, -0.2) is 50.8 Å². The van der Waals surface area contributed by atoms with E-state index in [1.54, 1.807) is 6.20 Å². The van der Waals surface area contributed by atoms with Gasteiger partial charge in [0, 0.05) is 29.5 Å². The van der Waals surface area contributed by atoms with Crippen LogP contribution in [0.2, 0.25) is 0 Å². The van der Waals surface area contributed by atoms with E-state index in [1.165, 1.54) is 4.68 Å². The van der Waals surface area contributed by atoms with Gasteiger partial charge in [-0.1, -0.05) is 11.6 Å². The summed E-state index contributed by atoms with van der Waals surface area (Å²) < 4.78 is 41.9. The number of halogens is 3. The second-order valence-electron chi connectivity index (χ2n) is 9.31. The molecule has 2 aliphatic heterocycles. The number of benzene rings is 1. The van der Waals surface area contributed by atoms with Crippen molar-refractivity contribution >= 4 is 16.7 Å². The number of carbonyl (C=O) groups is 1. The molecular formula is C24H26F3N5O. The maximum absolute atomic E-state index is 13.6. The molecule has 0 aliphatic carbocycles. The standard InChI is InChI=1S/C24H26F3N5O/c1-14-9-18-12-21(24(25,26)27)30-32(18)23(16-5-7-31(2)8-6-16)22(14)20(33)11-15-3-4-19-17(10-15)13-28-29-19/h3-4,10,12-13,16,23H,5-9,11H2,1-2H3,(H,28,29). The first-order valence-electron chi connectivity index (χ1n) is 11.2. The molecule has 5 rings (SSSR count). The molecule has 1 unspecified atom stereocenters. The number of piperidine rings is 1. The van der Waals surface area contributed by atoms with E-state index in [2.05, 4.69) is 20.2 Å². The summed E-state index contributed by atoms with van der Waals surface area (Å²) in [4.78, 5) is 15.8. The summed E-state index contributed by atoms with van der Waals surface area (Å²) in [5, 5.41) is 11.8. The predicted molar refractivity (Wildman–Crippen MR) is 118 cm³/mol. The Hall–Kier alpha value is -2.94. The van der Waals surface area contributed by atoms with E-state index in [1.807, 2.05) is 32.2 Å². The number of nitrogens with one attached hydrogen (secondary N) is 1. The molecule has 0 amide bonds. The maximum atomic E-state index is 13.6. The van der Waals surface area contributed by atoms with Crippen LogP contribution in [0.25, 0.3) is 10.9 Å². The van der Waals surface area contributed by atoms with E-state index >= 15 is 0 Å². The summed E-state index contributed by atoms with van der Waals surface area (Å²) in [5.74, 6) is 0.0143. The number of Topliss-reactive ketones (excluding diaryl/α,β-unsaturated/α-hetero) is 1. The van der Waals surface area contributed by atoms with Crippen molar-refractivity contribution in [1.29, 1.82) is 0 Å². The van der Waals surface area contributed by atoms with Crippen molar-refractivity contribution in [1.82, 2.24) is 24.9 Å². The van der Waals surface area contributed by atoms with Crippen LogP contribution in [0.5, 0.6) is 0 Å². The number of aromatic amines is 1. The number of hydrogen-bond donors (Lipinski definition) is 1. The molecule has 0 radical (unpaired) electrons. The molecular weight excluding hydrogens is 431 g/mol. The molecule has 33 heavy (non-hydrogen) atoms. The van der Waals surface area contributed by atoms with Gasteiger partial charge in [0.2, 0.25) is 0 Å². The fourth-order valence-corrected chi connectivity index (χ4v) is 5.25. The van der Waals surface area contributed by atoms with Crippen LogP contribution in [-0.2, 0) is 23.8 Å². The van der Waals surface area contributed by atoms with Crippen molar-refractivity contribution in [3.8, 4) is 0 Å². The first-order chi connectivity index (χ1) is 15.7. The molecule has 3 aromatic rings. The number of H-pyrrole nitrogens is 1. The lowest BCUT2D eigenvalue weighted by atomic mass is 9.78. The number of nitrogens with zero attached hydrogens (tertiary/aromatic N) is 4. The molecule has 0 saturated carbocycles. The third kappa shape index (κ3) is 4.10. The zero-order valence-electron chi connectivity index (χ0n) is 18.6. The van der Waals surface area contributed by atoms with Crippen LogP contribution in [0.15, 0.2) is 41.6 Å². The lowest BCUT2D eigenvalue weighted by Gasteiger charge is -2.38. The molecule has 1 atom stereocenters. The predicted octanol–water partition coefficient (Wildman–Crippen LogP) is 4.35. The van der Waals surface area contributed by atoms with Gasteiger partial charge in [0.1, 0.15) is 0 Å². The molecule has 0 bridgehead atoms. The minimum Gasteiger partial charge on any atom is -0.306 e. The van der Waals surface area contributed by atoms with Gasteiger partial charge in [-0.25, -0.2) is 0 Å². The van der Waals surface area contributed by atoms with E-state index in [4.69, 9.17) is 0 Å². The summed E-state index contributed by atoms with van der Waals surface area (Å²) in [6.45, 7) is 3.57. The van der Waals surface area contributed by atoms with Crippen LogP contribution in [0.1, 0.15) is 42.8 Å². The van der Waals surface area contributed by atoms with Gasteiger partial charge in [0.05, 0.1) is 17.8 Å². The molecule has 2 aromatic heterocycles. The Balaban J connectivity index is 1.51. The zero-order chi connectivity index (χ0) is 23.3. The highest BCUT2D eigenvalue weighted by atomic mass is 19.4. The highest BCUT2D eigenvalue weighted by Crippen LogP contribution is 2.42. The smallest absolute Gasteiger partial charge is 0.306 e. The number of fused-ring (bicyclic) bond motifs is 2. The highest BCUT2D eigenvalue weighted by molar-refractivity contribution is 5.99. The summed E-state index contributed by atoms with van der Waals surface area (Å²) >= 11 is 0. The molecule has 9 heteroatoms. The van der Waals surface area contributed by atoms with Gasteiger partial charge >= 0.3 is 6.18 Å². The van der Waals surface area contributed by atoms with Gasteiger partial charge in [-0.2, -0.15) is 23.4 Å². The van der Waals surface area contributed by atoms with Crippen LogP contribution in [0.4, 0.5) is 13.2 Å². The van der Waals surface area contributed by atoms with Crippen molar-refractivity contribution in [3.05, 3.63) is 58.6 Å². The van der Waals surface area contributed by atoms with E-state index < -0.39 is 17.9 Å². The van der Waals surface area contributed by atoms with Crippen molar-refractivity contribution < 1.29 is 18.0 Å². The average molecular weight is 458 g/mol. The van der Waals surface area contributed by atoms with E-state index in [9.17, 15) is 18.0 Å². The Labute approximate surface area is 189 Å². The van der Waals surface area contributed by atoms with Gasteiger partial charge < -0.3 is 4.90 Å². The van der Waals surface area contributed by atoms with Crippen LogP contribution < -0.4 is 0 Å². The number of alkyl halides is 3. The minimum atomic E-state index is -4.51. The molecule has 1 aromatic carbocycles. The van der Waals surface area contributed by atoms with Gasteiger partial charge in [-0.15, -0.1) is 0 Å². The first kappa shape index (κ1) is 21.9. The van der Waals surface area contributed by atoms with Gasteiger partial charge in [0.15, 0.2) is 11.5 Å². The summed E-state index contributed by atoms with van der Waals surface area (Å²) in [7, 11) is 2.04. The summed E-state index contributed by atoms with van der Waals surface area (Å²) in [5.41, 5.74) is 2.86. The Bertz CT molecular complexity index is 1230. The van der Waals surface area contributed by atoms with E-state index in [0.29, 0.717) is 17.7 Å². The number of ketones is 1. The summed E-state index contributed by atoms with van der Waals surface area (Å²) in [6.07, 6.45) is -0.683. The summed E-state index contributed by atoms with van der Waals surface area (Å²) in [6, 6.07) is 6.38. The first-order valence-corrected chi connectivity index (χ1v) is 11.2. The zero-order valence-corrected chi connectivity index (χ0v) is 18.6. The Morgan fingerprint density at radius 2 is 1.97 bits per heavy atom. The monoisotopic (exact) mass is 457 g/mol. The van der Waals surface area contributed by atoms with E-state index in [-0.39, 0.29) is 18.1 Å². The third-order valence-corrected chi connectivity index (χ3v) is 6.95. The second-order valence-corrected chi connectivity index (χ2v) is 9.31. The SMILES string of the molecule is CC1=C(C(=O)Cc2ccc3[nH]ncc3c2)C(C2CCN(C)CC2)n2nc(C(F)(F)F)cc2C1. The van der Waals surface area contributed by atoms with Crippen LogP contribution in [0, 0.1) is 5.92 Å². The topological polar surface area (TPSA) is 66.8 Å². The van der Waals surface area contributed by atoms with Gasteiger partial charge in [-0.05, 0) is 69.6 Å². The van der Waals surface area contributed by atoms with Crippen molar-refractivity contribution in [2.75, 3.05) is 20.1 Å². The molecule has 1 saturated heterocycles. The Kier molecular flexibility index (Phi) is 5.39. The largest absolute Gasteiger partial charge is 0.435 e. The number of likely N-dealkylation sites (tertiary alicyclic amines) is 1. The fourth-order valence-electron chi connectivity index (χ4n) is 5.25. The van der Waals surface area contributed by atoms with E-state index in [0.717, 1.165) is 54.0 Å². The Morgan fingerprint density at radius 1 is 1.21 bits per heavy atom. The number of aromatic nitrogens is 4. The minimum absolute atomic E-state index is 0.0472. The molecule has 6 nitrogen and oxygen atoms in total. The normalized spacial score (nSPS) is 20.5. The number of rotatable bonds is 4. The average Bonchev–Trinajstić information content (AvgIpc) is 3.39. The van der Waals surface area contributed by atoms with Gasteiger partial charge in [0.25, 0.3) is 0 Å². The van der Waals surface area contributed by atoms with Crippen molar-refractivity contribution in [2.24, 2.45) is 5.92 Å².